The highest BCUT2D eigenvalue weighted by atomic mass is 28.3. The number of benzene rings is 2. The third-order valence-corrected chi connectivity index (χ3v) is 3.64. The minimum atomic E-state index is -1.24. The monoisotopic (exact) mass is 302 g/mol. The number of unbranched alkanes of at least 4 members (excludes halogenated alkanes) is 1. The van der Waals surface area contributed by atoms with Gasteiger partial charge in [-0.15, -0.1) is 0 Å². The van der Waals surface area contributed by atoms with Crippen LogP contribution in [-0.2, 0) is 14.0 Å². The Morgan fingerprint density at radius 3 is 2.52 bits per heavy atom. The van der Waals surface area contributed by atoms with E-state index in [1.165, 1.54) is 10.8 Å². The molecule has 0 heterocycles. The molecule has 0 saturated heterocycles. The number of rotatable bonds is 8. The summed E-state index contributed by atoms with van der Waals surface area (Å²) in [6.45, 7) is 6.97. The Labute approximate surface area is 129 Å². The average molecular weight is 302 g/mol. The average Bonchev–Trinajstić information content (AvgIpc) is 2.50. The molecular weight excluding hydrogens is 279 g/mol. The number of fused-ring (bicyclic) bond motifs is 1. The van der Waals surface area contributed by atoms with Crippen LogP contribution in [-0.4, -0.2) is 22.8 Å². The summed E-state index contributed by atoms with van der Waals surface area (Å²) in [6.07, 6.45) is 2.12. The van der Waals surface area contributed by atoms with E-state index >= 15 is 0 Å². The zero-order valence-corrected chi connectivity index (χ0v) is 14.2. The molecule has 0 aromatic heterocycles. The summed E-state index contributed by atoms with van der Waals surface area (Å²) >= 11 is 0. The molecule has 0 amide bonds. The second kappa shape index (κ2) is 8.34. The van der Waals surface area contributed by atoms with Crippen LogP contribution < -0.4 is 5.46 Å². The SMILES string of the molecule is CCCCOB(OO[SiH](C)C)c1ccc2ccccc2c1. The molecule has 3 nitrogen and oxygen atoms in total. The Morgan fingerprint density at radius 2 is 1.81 bits per heavy atom. The predicted octanol–water partition coefficient (Wildman–Crippen LogP) is 3.28. The Hall–Kier alpha value is -1.14. The Kier molecular flexibility index (Phi) is 6.45. The zero-order valence-electron chi connectivity index (χ0n) is 13.0. The summed E-state index contributed by atoms with van der Waals surface area (Å²) in [4.78, 5) is 5.52. The van der Waals surface area contributed by atoms with Crippen molar-refractivity contribution in [2.24, 2.45) is 0 Å². The summed E-state index contributed by atoms with van der Waals surface area (Å²) in [5.41, 5.74) is 0.999. The molecule has 2 aromatic carbocycles. The third kappa shape index (κ3) is 4.97. The van der Waals surface area contributed by atoms with Crippen LogP contribution in [0.15, 0.2) is 42.5 Å². The van der Waals surface area contributed by atoms with Crippen molar-refractivity contribution in [2.75, 3.05) is 6.61 Å². The minimum absolute atomic E-state index is 0.448. The highest BCUT2D eigenvalue weighted by Crippen LogP contribution is 2.12. The van der Waals surface area contributed by atoms with E-state index in [2.05, 4.69) is 44.3 Å². The van der Waals surface area contributed by atoms with Crippen molar-refractivity contribution >= 4 is 32.4 Å². The van der Waals surface area contributed by atoms with Gasteiger partial charge in [0, 0.05) is 6.61 Å². The maximum atomic E-state index is 5.84. The van der Waals surface area contributed by atoms with Gasteiger partial charge in [-0.05, 0) is 35.8 Å². The molecule has 0 aliphatic heterocycles. The predicted molar refractivity (Wildman–Crippen MR) is 91.2 cm³/mol. The van der Waals surface area contributed by atoms with Crippen LogP contribution in [0.5, 0.6) is 0 Å². The van der Waals surface area contributed by atoms with Crippen LogP contribution in [0.3, 0.4) is 0 Å². The lowest BCUT2D eigenvalue weighted by Gasteiger charge is -2.16. The molecule has 0 bridgehead atoms. The minimum Gasteiger partial charge on any atom is -0.406 e. The topological polar surface area (TPSA) is 27.7 Å². The molecular formula is C16H23BO3Si. The van der Waals surface area contributed by atoms with Gasteiger partial charge in [-0.2, -0.15) is 0 Å². The molecule has 0 radical (unpaired) electrons. The van der Waals surface area contributed by atoms with Gasteiger partial charge in [0.15, 0.2) is 0 Å². The summed E-state index contributed by atoms with van der Waals surface area (Å²) in [6, 6.07) is 14.5. The molecule has 5 heteroatoms. The Balaban J connectivity index is 2.15. The summed E-state index contributed by atoms with van der Waals surface area (Å²) in [7, 11) is -1.69. The van der Waals surface area contributed by atoms with Gasteiger partial charge in [-0.1, -0.05) is 55.8 Å². The van der Waals surface area contributed by atoms with Gasteiger partial charge in [-0.3, -0.25) is 4.81 Å². The fraction of sp³-hybridized carbons (Fsp3) is 0.375. The molecule has 0 fully saturated rings. The molecule has 0 N–H and O–H groups in total. The largest absolute Gasteiger partial charge is 0.523 e. The van der Waals surface area contributed by atoms with E-state index < -0.39 is 16.2 Å². The van der Waals surface area contributed by atoms with Gasteiger partial charge >= 0.3 is 7.12 Å². The smallest absolute Gasteiger partial charge is 0.406 e. The molecule has 21 heavy (non-hydrogen) atoms. The van der Waals surface area contributed by atoms with Crippen LogP contribution in [0, 0.1) is 0 Å². The van der Waals surface area contributed by atoms with Crippen molar-refractivity contribution < 1.29 is 14.0 Å². The van der Waals surface area contributed by atoms with Crippen LogP contribution in [0.25, 0.3) is 10.8 Å². The van der Waals surface area contributed by atoms with E-state index in [1.807, 2.05) is 18.2 Å². The summed E-state index contributed by atoms with van der Waals surface area (Å²) < 4.78 is 11.3. The van der Waals surface area contributed by atoms with E-state index in [4.69, 9.17) is 14.0 Å². The van der Waals surface area contributed by atoms with Gasteiger partial charge in [-0.25, -0.2) is 0 Å². The molecule has 0 aliphatic carbocycles. The van der Waals surface area contributed by atoms with E-state index in [1.54, 1.807) is 0 Å². The van der Waals surface area contributed by atoms with Gasteiger partial charge < -0.3 is 9.23 Å². The lowest BCUT2D eigenvalue weighted by molar-refractivity contribution is -0.126. The van der Waals surface area contributed by atoms with Crippen molar-refractivity contribution in [3.8, 4) is 0 Å². The van der Waals surface area contributed by atoms with Crippen molar-refractivity contribution in [3.63, 3.8) is 0 Å². The lowest BCUT2D eigenvalue weighted by atomic mass is 9.78. The first kappa shape index (κ1) is 16.2. The second-order valence-corrected chi connectivity index (χ2v) is 7.69. The zero-order chi connectivity index (χ0) is 15.1. The Morgan fingerprint density at radius 1 is 1.05 bits per heavy atom. The van der Waals surface area contributed by atoms with E-state index in [9.17, 15) is 0 Å². The Bertz CT molecular complexity index is 562. The number of hydrogen-bond acceptors (Lipinski definition) is 3. The first-order valence-corrected chi connectivity index (χ1v) is 10.4. The second-order valence-electron chi connectivity index (χ2n) is 5.40. The van der Waals surface area contributed by atoms with Gasteiger partial charge in [0.2, 0.25) is 9.04 Å². The fourth-order valence-electron chi connectivity index (χ4n) is 2.03. The standard InChI is InChI=1S/C16H23BO3Si/c1-4-5-12-18-17(19-20-21(2)3)16-11-10-14-8-6-7-9-15(14)13-16/h6-11,13,21H,4-5,12H2,1-3H3. The normalized spacial score (nSPS) is 11.2. The highest BCUT2D eigenvalue weighted by molar-refractivity contribution is 6.62. The molecule has 0 aliphatic rings. The van der Waals surface area contributed by atoms with E-state index in [0.29, 0.717) is 6.61 Å². The van der Waals surface area contributed by atoms with E-state index in [-0.39, 0.29) is 0 Å². The van der Waals surface area contributed by atoms with Crippen molar-refractivity contribution in [1.82, 2.24) is 0 Å². The summed E-state index contributed by atoms with van der Waals surface area (Å²) in [5.74, 6) is 0. The van der Waals surface area contributed by atoms with Crippen LogP contribution in [0.4, 0.5) is 0 Å². The van der Waals surface area contributed by atoms with Crippen molar-refractivity contribution in [1.29, 1.82) is 0 Å². The molecule has 2 rings (SSSR count). The van der Waals surface area contributed by atoms with Gasteiger partial charge in [0.1, 0.15) is 0 Å². The molecule has 112 valence electrons. The quantitative estimate of drug-likeness (QED) is 0.324. The van der Waals surface area contributed by atoms with Crippen LogP contribution in [0.2, 0.25) is 13.1 Å². The van der Waals surface area contributed by atoms with Crippen LogP contribution in [0.1, 0.15) is 19.8 Å². The lowest BCUT2D eigenvalue weighted by Crippen LogP contribution is -2.38. The molecule has 2 aromatic rings. The molecule has 0 unspecified atom stereocenters. The van der Waals surface area contributed by atoms with Gasteiger partial charge in [0.05, 0.1) is 0 Å². The maximum Gasteiger partial charge on any atom is 0.523 e. The van der Waals surface area contributed by atoms with Crippen molar-refractivity contribution in [2.45, 2.75) is 32.9 Å². The van der Waals surface area contributed by atoms with Crippen LogP contribution >= 0.6 is 0 Å². The number of hydrogen-bond donors (Lipinski definition) is 0. The maximum absolute atomic E-state index is 5.84. The first-order valence-electron chi connectivity index (χ1n) is 7.63. The molecule has 0 atom stereocenters. The molecule has 0 saturated carbocycles. The highest BCUT2D eigenvalue weighted by Gasteiger charge is 2.23. The summed E-state index contributed by atoms with van der Waals surface area (Å²) in [5, 5.41) is 2.40. The third-order valence-electron chi connectivity index (χ3n) is 3.15. The van der Waals surface area contributed by atoms with Crippen molar-refractivity contribution in [3.05, 3.63) is 42.5 Å². The molecule has 0 spiro atoms. The van der Waals surface area contributed by atoms with E-state index in [0.717, 1.165) is 18.3 Å². The van der Waals surface area contributed by atoms with Gasteiger partial charge in [0.25, 0.3) is 0 Å². The first-order chi connectivity index (χ1) is 10.2. The fourth-order valence-corrected chi connectivity index (χ4v) is 2.35.